The first kappa shape index (κ1) is 33.5. The number of phenolic OH excluding ortho intramolecular Hbond substituents is 2. The summed E-state index contributed by atoms with van der Waals surface area (Å²) in [7, 11) is 0. The number of carboxylic acid groups (broad SMARTS) is 2. The summed E-state index contributed by atoms with van der Waals surface area (Å²) in [5.41, 5.74) is 7.05. The lowest BCUT2D eigenvalue weighted by Crippen LogP contribution is -2.34. The van der Waals surface area contributed by atoms with Gasteiger partial charge in [-0.25, -0.2) is 0 Å². The van der Waals surface area contributed by atoms with E-state index in [2.05, 4.69) is 10.2 Å². The molecule has 0 heterocycles. The Morgan fingerprint density at radius 1 is 0.696 bits per heavy atom. The number of azo groups is 1. The van der Waals surface area contributed by atoms with Gasteiger partial charge in [-0.15, -0.1) is 0 Å². The molecule has 11 heteroatoms. The summed E-state index contributed by atoms with van der Waals surface area (Å²) in [5, 5.41) is 69.6. The molecule has 0 atom stereocenters. The van der Waals surface area contributed by atoms with Crippen molar-refractivity contribution in [3.8, 4) is 17.2 Å². The van der Waals surface area contributed by atoms with Gasteiger partial charge in [0.05, 0.1) is 18.0 Å². The van der Waals surface area contributed by atoms with Crippen molar-refractivity contribution in [1.29, 1.82) is 0 Å². The highest BCUT2D eigenvalue weighted by Gasteiger charge is 2.19. The van der Waals surface area contributed by atoms with E-state index < -0.39 is 25.0 Å². The number of aryl methyl sites for hydroxylation is 3. The van der Waals surface area contributed by atoms with Gasteiger partial charge in [0.2, 0.25) is 0 Å². The van der Waals surface area contributed by atoms with Crippen LogP contribution in [0.2, 0.25) is 0 Å². The number of carboxylic acids is 2. The Morgan fingerprint density at radius 3 is 1.89 bits per heavy atom. The molecule has 11 nitrogen and oxygen atoms in total. The van der Waals surface area contributed by atoms with Crippen molar-refractivity contribution in [2.24, 2.45) is 10.2 Å². The van der Waals surface area contributed by atoms with Crippen LogP contribution in [-0.2, 0) is 29.0 Å². The highest BCUT2D eigenvalue weighted by atomic mass is 16.4. The number of aliphatic hydroxyl groups excluding tert-OH is 1. The second kappa shape index (κ2) is 14.1. The number of aliphatic hydroxyl groups is 1. The molecule has 0 bridgehead atoms. The minimum absolute atomic E-state index is 0.0138. The van der Waals surface area contributed by atoms with Gasteiger partial charge in [-0.2, -0.15) is 10.2 Å². The van der Waals surface area contributed by atoms with Crippen molar-refractivity contribution in [3.63, 3.8) is 0 Å². The monoisotopic (exact) mass is 627 g/mol. The van der Waals surface area contributed by atoms with E-state index in [9.17, 15) is 40.2 Å². The minimum atomic E-state index is -1.16. The molecule has 46 heavy (non-hydrogen) atoms. The smallest absolute Gasteiger partial charge is 0.323 e. The van der Waals surface area contributed by atoms with Crippen LogP contribution < -0.4 is 4.90 Å². The highest BCUT2D eigenvalue weighted by molar-refractivity contribution is 5.79. The lowest BCUT2D eigenvalue weighted by atomic mass is 9.91. The van der Waals surface area contributed by atoms with Crippen LogP contribution in [0.1, 0.15) is 50.1 Å². The van der Waals surface area contributed by atoms with Gasteiger partial charge >= 0.3 is 11.9 Å². The molecule has 0 saturated carbocycles. The summed E-state index contributed by atoms with van der Waals surface area (Å²) in [6.45, 7) is 5.96. The number of hydrogen-bond acceptors (Lipinski definition) is 9. The zero-order valence-electron chi connectivity index (χ0n) is 26.1. The number of benzene rings is 4. The maximum absolute atomic E-state index is 11.5. The molecular weight excluding hydrogens is 590 g/mol. The molecule has 4 rings (SSSR count). The Labute approximate surface area is 266 Å². The number of aliphatic carboxylic acids is 2. The largest absolute Gasteiger partial charge is 0.507 e. The summed E-state index contributed by atoms with van der Waals surface area (Å²) in [6, 6.07) is 15.2. The Kier molecular flexibility index (Phi) is 10.3. The van der Waals surface area contributed by atoms with Crippen molar-refractivity contribution < 1.29 is 40.2 Å². The predicted octanol–water partition coefficient (Wildman–Crippen LogP) is 6.10. The van der Waals surface area contributed by atoms with Gasteiger partial charge in [-0.3, -0.25) is 9.59 Å². The first-order valence-corrected chi connectivity index (χ1v) is 14.5. The summed E-state index contributed by atoms with van der Waals surface area (Å²) < 4.78 is 0. The van der Waals surface area contributed by atoms with Crippen LogP contribution in [0.3, 0.4) is 0 Å². The fourth-order valence-corrected chi connectivity index (χ4v) is 5.48. The Hall–Kier alpha value is -5.42. The van der Waals surface area contributed by atoms with E-state index in [0.717, 1.165) is 11.1 Å². The summed E-state index contributed by atoms with van der Waals surface area (Å²) in [4.78, 5) is 23.7. The molecule has 0 saturated heterocycles. The van der Waals surface area contributed by atoms with Gasteiger partial charge in [-0.1, -0.05) is 23.8 Å². The first-order chi connectivity index (χ1) is 21.8. The van der Waals surface area contributed by atoms with Gasteiger partial charge in [0.15, 0.2) is 0 Å². The number of hydrogen-bond donors (Lipinski definition) is 6. The third-order valence-electron chi connectivity index (χ3n) is 7.77. The molecule has 0 aromatic heterocycles. The van der Waals surface area contributed by atoms with Crippen molar-refractivity contribution >= 4 is 29.0 Å². The zero-order valence-corrected chi connectivity index (χ0v) is 26.1. The van der Waals surface area contributed by atoms with Gasteiger partial charge < -0.3 is 35.5 Å². The molecule has 0 aliphatic carbocycles. The van der Waals surface area contributed by atoms with Crippen LogP contribution in [0.25, 0.3) is 0 Å². The Morgan fingerprint density at radius 2 is 1.28 bits per heavy atom. The molecule has 0 radical (unpaired) electrons. The third kappa shape index (κ3) is 7.80. The molecule has 0 unspecified atom stereocenters. The maximum atomic E-state index is 11.5. The van der Waals surface area contributed by atoms with E-state index in [0.29, 0.717) is 56.0 Å². The second-order valence-electron chi connectivity index (χ2n) is 11.4. The van der Waals surface area contributed by atoms with E-state index >= 15 is 0 Å². The fraction of sp³-hybridized carbons (Fsp3) is 0.257. The predicted molar refractivity (Wildman–Crippen MR) is 173 cm³/mol. The van der Waals surface area contributed by atoms with Gasteiger partial charge in [0.1, 0.15) is 30.3 Å². The summed E-state index contributed by atoms with van der Waals surface area (Å²) in [6.07, 6.45) is 0.475. The molecule has 6 N–H and O–H groups in total. The summed E-state index contributed by atoms with van der Waals surface area (Å²) >= 11 is 0. The molecule has 0 amide bonds. The van der Waals surface area contributed by atoms with Gasteiger partial charge in [-0.05, 0) is 91.9 Å². The zero-order chi connectivity index (χ0) is 33.7. The number of rotatable bonds is 12. The molecule has 0 aliphatic heterocycles. The molecule has 4 aromatic rings. The third-order valence-corrected chi connectivity index (χ3v) is 7.77. The lowest BCUT2D eigenvalue weighted by molar-refractivity contribution is -0.136. The normalized spacial score (nSPS) is 11.2. The second-order valence-corrected chi connectivity index (χ2v) is 11.4. The van der Waals surface area contributed by atoms with E-state index in [1.807, 2.05) is 26.0 Å². The fourth-order valence-electron chi connectivity index (χ4n) is 5.48. The van der Waals surface area contributed by atoms with Crippen molar-refractivity contribution in [2.75, 3.05) is 18.0 Å². The quantitative estimate of drug-likeness (QED) is 0.101. The van der Waals surface area contributed by atoms with E-state index in [1.165, 1.54) is 4.90 Å². The highest BCUT2D eigenvalue weighted by Crippen LogP contribution is 2.39. The summed E-state index contributed by atoms with van der Waals surface area (Å²) in [5.74, 6) is -2.14. The topological polar surface area (TPSA) is 183 Å². The van der Waals surface area contributed by atoms with Crippen LogP contribution in [0.5, 0.6) is 17.2 Å². The molecule has 0 spiro atoms. The van der Waals surface area contributed by atoms with Crippen LogP contribution >= 0.6 is 0 Å². The van der Waals surface area contributed by atoms with Crippen LogP contribution in [0.15, 0.2) is 64.8 Å². The lowest BCUT2D eigenvalue weighted by Gasteiger charge is -2.20. The average Bonchev–Trinajstić information content (AvgIpc) is 2.99. The van der Waals surface area contributed by atoms with Crippen LogP contribution in [-0.4, -0.2) is 55.7 Å². The number of carbonyl (C=O) groups is 2. The molecule has 4 aromatic carbocycles. The van der Waals surface area contributed by atoms with Crippen LogP contribution in [0.4, 0.5) is 17.1 Å². The van der Waals surface area contributed by atoms with Gasteiger partial charge in [0, 0.05) is 35.2 Å². The van der Waals surface area contributed by atoms with Crippen molar-refractivity contribution in [1.82, 2.24) is 0 Å². The first-order valence-electron chi connectivity index (χ1n) is 14.5. The van der Waals surface area contributed by atoms with Gasteiger partial charge in [0.25, 0.3) is 0 Å². The average molecular weight is 628 g/mol. The number of anilines is 1. The Bertz CT molecular complexity index is 1800. The van der Waals surface area contributed by atoms with Crippen molar-refractivity contribution in [3.05, 3.63) is 105 Å². The van der Waals surface area contributed by atoms with Crippen LogP contribution in [0, 0.1) is 27.7 Å². The van der Waals surface area contributed by atoms with E-state index in [4.69, 9.17) is 0 Å². The number of phenols is 3. The number of nitrogens with zero attached hydrogens (tertiary/aromatic N) is 3. The molecule has 240 valence electrons. The maximum Gasteiger partial charge on any atom is 0.323 e. The minimum Gasteiger partial charge on any atom is -0.507 e. The molecular formula is C35H37N3O8. The Balaban J connectivity index is 1.76. The van der Waals surface area contributed by atoms with Crippen molar-refractivity contribution in [2.45, 2.75) is 47.1 Å². The molecule has 0 aliphatic rings. The SMILES string of the molecule is Cc1cc(C)c(O)c(Cc2c(C)c(/N=N/c3ccc(N(CC(=O)O)CC(=O)O)cc3)cc(Cc3cc(C)c(O)c(CO)c3)c2O)c1. The number of aromatic hydroxyl groups is 3. The standard InChI is InChI=1S/C35H37N3O8/c1-19-9-20(2)33(44)24(10-19)14-29-22(4)30(15-25(35(29)46)12-23-11-21(3)34(45)26(13-23)18-39)37-36-27-5-7-28(8-6-27)38(16-31(40)41)17-32(42)43/h5-11,13,15,39,44-46H,12,14,16-18H2,1-4H3,(H,40,41)(H,42,43)/b37-36+. The molecule has 0 fully saturated rings. The van der Waals surface area contributed by atoms with E-state index in [1.54, 1.807) is 56.3 Å². The van der Waals surface area contributed by atoms with E-state index in [-0.39, 0.29) is 36.7 Å².